The van der Waals surface area contributed by atoms with Gasteiger partial charge in [0.15, 0.2) is 10.7 Å². The predicted octanol–water partition coefficient (Wildman–Crippen LogP) is 1.07. The lowest BCUT2D eigenvalue weighted by Crippen LogP contribution is -1.82. The molecule has 0 aliphatic carbocycles. The van der Waals surface area contributed by atoms with Crippen molar-refractivity contribution in [3.63, 3.8) is 0 Å². The molecule has 0 N–H and O–H groups in total. The first-order chi connectivity index (χ1) is 5.77. The van der Waals surface area contributed by atoms with Crippen LogP contribution in [0.3, 0.4) is 0 Å². The number of hydrogen-bond donors (Lipinski definition) is 0. The van der Waals surface area contributed by atoms with E-state index in [9.17, 15) is 8.76 Å². The second-order valence-electron chi connectivity index (χ2n) is 2.21. The summed E-state index contributed by atoms with van der Waals surface area (Å²) in [7, 11) is 0. The second-order valence-corrected chi connectivity index (χ2v) is 3.09. The van der Waals surface area contributed by atoms with Crippen LogP contribution in [-0.2, 0) is 11.1 Å². The van der Waals surface area contributed by atoms with Gasteiger partial charge in [0, 0.05) is 28.7 Å². The molecule has 0 saturated heterocycles. The summed E-state index contributed by atoms with van der Waals surface area (Å²) in [6, 6.07) is 3.15. The number of nitrogens with zero attached hydrogens (tertiary/aromatic N) is 1. The fourth-order valence-electron chi connectivity index (χ4n) is 0.942. The molecule has 4 nitrogen and oxygen atoms in total. The molecule has 0 amide bonds. The van der Waals surface area contributed by atoms with Gasteiger partial charge in [-0.2, -0.15) is 0 Å². The van der Waals surface area contributed by atoms with Gasteiger partial charge < -0.3 is 8.97 Å². The van der Waals surface area contributed by atoms with Crippen LogP contribution in [0, 0.1) is 0 Å². The third-order valence-corrected chi connectivity index (χ3v) is 1.99. The Bertz CT molecular complexity index is 404. The SMILES string of the molecule is O=S([O-])c1cc2ccncc2o1. The van der Waals surface area contributed by atoms with Crippen molar-refractivity contribution < 1.29 is 13.2 Å². The van der Waals surface area contributed by atoms with Gasteiger partial charge in [0.1, 0.15) is 0 Å². The highest BCUT2D eigenvalue weighted by atomic mass is 32.2. The third kappa shape index (κ3) is 1.13. The minimum atomic E-state index is -2.31. The van der Waals surface area contributed by atoms with E-state index in [0.29, 0.717) is 5.58 Å². The van der Waals surface area contributed by atoms with E-state index >= 15 is 0 Å². The Balaban J connectivity index is 2.70. The summed E-state index contributed by atoms with van der Waals surface area (Å²) in [5, 5.41) is 0.683. The highest BCUT2D eigenvalue weighted by Gasteiger charge is 2.02. The van der Waals surface area contributed by atoms with Crippen LogP contribution < -0.4 is 0 Å². The maximum absolute atomic E-state index is 10.5. The van der Waals surface area contributed by atoms with Crippen molar-refractivity contribution in [2.24, 2.45) is 0 Å². The highest BCUT2D eigenvalue weighted by molar-refractivity contribution is 7.79. The third-order valence-electron chi connectivity index (χ3n) is 1.46. The van der Waals surface area contributed by atoms with Gasteiger partial charge in [0.05, 0.1) is 6.20 Å². The molecule has 1 unspecified atom stereocenters. The van der Waals surface area contributed by atoms with E-state index in [1.54, 1.807) is 12.3 Å². The van der Waals surface area contributed by atoms with Crippen LogP contribution in [0.25, 0.3) is 11.0 Å². The monoisotopic (exact) mass is 182 g/mol. The fraction of sp³-hybridized carbons (Fsp3) is 0. The Morgan fingerprint density at radius 2 is 2.42 bits per heavy atom. The van der Waals surface area contributed by atoms with Crippen molar-refractivity contribution in [1.82, 2.24) is 4.98 Å². The fourth-order valence-corrected chi connectivity index (χ4v) is 1.32. The van der Waals surface area contributed by atoms with E-state index in [1.807, 2.05) is 0 Å². The molecule has 2 rings (SSSR count). The lowest BCUT2D eigenvalue weighted by molar-refractivity contribution is 0.459. The zero-order chi connectivity index (χ0) is 8.55. The summed E-state index contributed by atoms with van der Waals surface area (Å²) in [5.74, 6) is 0. The van der Waals surface area contributed by atoms with Crippen LogP contribution >= 0.6 is 0 Å². The van der Waals surface area contributed by atoms with E-state index in [1.165, 1.54) is 12.3 Å². The number of rotatable bonds is 1. The Morgan fingerprint density at radius 1 is 1.58 bits per heavy atom. The minimum Gasteiger partial charge on any atom is -0.766 e. The largest absolute Gasteiger partial charge is 0.766 e. The molecule has 1 atom stereocenters. The number of fused-ring (bicyclic) bond motifs is 1. The lowest BCUT2D eigenvalue weighted by atomic mass is 10.3. The van der Waals surface area contributed by atoms with Crippen molar-refractivity contribution in [2.45, 2.75) is 5.09 Å². The zero-order valence-electron chi connectivity index (χ0n) is 5.89. The normalized spacial score (nSPS) is 13.4. The average molecular weight is 182 g/mol. The molecule has 0 aromatic carbocycles. The van der Waals surface area contributed by atoms with Crippen LogP contribution in [0.15, 0.2) is 34.0 Å². The van der Waals surface area contributed by atoms with Gasteiger partial charge >= 0.3 is 0 Å². The van der Waals surface area contributed by atoms with Crippen molar-refractivity contribution in [2.75, 3.05) is 0 Å². The van der Waals surface area contributed by atoms with Crippen molar-refractivity contribution in [1.29, 1.82) is 0 Å². The van der Waals surface area contributed by atoms with E-state index in [0.717, 1.165) is 5.39 Å². The first-order valence-corrected chi connectivity index (χ1v) is 4.28. The van der Waals surface area contributed by atoms with Crippen LogP contribution in [0.5, 0.6) is 0 Å². The smallest absolute Gasteiger partial charge is 0.178 e. The molecule has 0 saturated carbocycles. The molecule has 0 fully saturated rings. The number of furan rings is 1. The predicted molar refractivity (Wildman–Crippen MR) is 41.2 cm³/mol. The molecule has 62 valence electrons. The first-order valence-electron chi connectivity index (χ1n) is 3.20. The molecular weight excluding hydrogens is 178 g/mol. The van der Waals surface area contributed by atoms with Gasteiger partial charge in [-0.3, -0.25) is 9.19 Å². The molecular formula is C7H4NO3S-. The van der Waals surface area contributed by atoms with E-state index in [4.69, 9.17) is 4.42 Å². The summed E-state index contributed by atoms with van der Waals surface area (Å²) in [4.78, 5) is 3.79. The maximum atomic E-state index is 10.5. The van der Waals surface area contributed by atoms with E-state index in [2.05, 4.69) is 4.98 Å². The molecule has 0 aliphatic rings. The highest BCUT2D eigenvalue weighted by Crippen LogP contribution is 2.19. The van der Waals surface area contributed by atoms with Gasteiger partial charge in [0.25, 0.3) is 0 Å². The van der Waals surface area contributed by atoms with Gasteiger partial charge in [-0.15, -0.1) is 0 Å². The molecule has 2 aromatic rings. The van der Waals surface area contributed by atoms with Gasteiger partial charge in [-0.05, 0) is 6.07 Å². The quantitative estimate of drug-likeness (QED) is 0.618. The van der Waals surface area contributed by atoms with Crippen LogP contribution in [0.2, 0.25) is 0 Å². The summed E-state index contributed by atoms with van der Waals surface area (Å²) in [6.45, 7) is 0. The minimum absolute atomic E-state index is 0.0574. The summed E-state index contributed by atoms with van der Waals surface area (Å²) in [6.07, 6.45) is 3.06. The molecule has 0 aliphatic heterocycles. The standard InChI is InChI=1S/C7H5NO3S/c9-12(10)7-3-5-1-2-8-4-6(5)11-7/h1-4H,(H,9,10)/p-1. The van der Waals surface area contributed by atoms with E-state index < -0.39 is 11.1 Å². The molecule has 12 heavy (non-hydrogen) atoms. The zero-order valence-corrected chi connectivity index (χ0v) is 6.71. The molecule has 0 spiro atoms. The van der Waals surface area contributed by atoms with Crippen LogP contribution in [-0.4, -0.2) is 13.7 Å². The lowest BCUT2D eigenvalue weighted by Gasteiger charge is -1.96. The first kappa shape index (κ1) is 7.45. The van der Waals surface area contributed by atoms with Crippen molar-refractivity contribution >= 4 is 22.0 Å². The Kier molecular flexibility index (Phi) is 1.67. The summed E-state index contributed by atoms with van der Waals surface area (Å²) in [5.41, 5.74) is 0.483. The van der Waals surface area contributed by atoms with Crippen molar-refractivity contribution in [3.05, 3.63) is 24.5 Å². The van der Waals surface area contributed by atoms with Gasteiger partial charge in [0.2, 0.25) is 0 Å². The van der Waals surface area contributed by atoms with Crippen molar-refractivity contribution in [3.8, 4) is 0 Å². The number of pyridine rings is 1. The number of aromatic nitrogens is 1. The molecule has 5 heteroatoms. The summed E-state index contributed by atoms with van der Waals surface area (Å²) < 4.78 is 25.9. The molecule has 0 bridgehead atoms. The van der Waals surface area contributed by atoms with Crippen LogP contribution in [0.1, 0.15) is 0 Å². The number of hydrogen-bond acceptors (Lipinski definition) is 4. The van der Waals surface area contributed by atoms with E-state index in [-0.39, 0.29) is 5.09 Å². The Hall–Kier alpha value is -1.20. The Morgan fingerprint density at radius 3 is 3.08 bits per heavy atom. The molecule has 0 radical (unpaired) electrons. The van der Waals surface area contributed by atoms with Crippen LogP contribution in [0.4, 0.5) is 0 Å². The topological polar surface area (TPSA) is 66.2 Å². The summed E-state index contributed by atoms with van der Waals surface area (Å²) >= 11 is -2.31. The molecule has 2 heterocycles. The maximum Gasteiger partial charge on any atom is 0.178 e. The van der Waals surface area contributed by atoms with Gasteiger partial charge in [-0.1, -0.05) is 0 Å². The van der Waals surface area contributed by atoms with Gasteiger partial charge in [-0.25, -0.2) is 0 Å². The average Bonchev–Trinajstić information content (AvgIpc) is 2.46. The molecule has 2 aromatic heterocycles. The Labute approximate surface area is 70.5 Å². The second kappa shape index (κ2) is 2.69.